The van der Waals surface area contributed by atoms with E-state index in [2.05, 4.69) is 9.97 Å². The minimum atomic E-state index is -0.388. The quantitative estimate of drug-likeness (QED) is 0.802. The van der Waals surface area contributed by atoms with Gasteiger partial charge >= 0.3 is 0 Å². The first-order valence-corrected chi connectivity index (χ1v) is 4.58. The molecular formula is C10H11FN4. The van der Waals surface area contributed by atoms with Crippen molar-refractivity contribution in [2.75, 3.05) is 0 Å². The molecule has 0 spiro atoms. The first-order chi connectivity index (χ1) is 7.24. The number of nitrogens with two attached hydrogens (primary N) is 1. The molecule has 2 aromatic rings. The zero-order valence-corrected chi connectivity index (χ0v) is 8.31. The Morgan fingerprint density at radius 2 is 2.20 bits per heavy atom. The van der Waals surface area contributed by atoms with Gasteiger partial charge in [-0.25, -0.2) is 14.4 Å². The standard InChI is InChI=1S/C10H11FN4/c1-7-13-4-5-15(7)10-9(11)8(6-12)2-3-14-10/h2-5H,6,12H2,1H3. The van der Waals surface area contributed by atoms with E-state index >= 15 is 0 Å². The van der Waals surface area contributed by atoms with Gasteiger partial charge in [-0.2, -0.15) is 0 Å². The maximum Gasteiger partial charge on any atom is 0.174 e. The number of hydrogen-bond donors (Lipinski definition) is 1. The van der Waals surface area contributed by atoms with Gasteiger partial charge in [0, 0.05) is 30.7 Å². The number of rotatable bonds is 2. The Morgan fingerprint density at radius 3 is 2.80 bits per heavy atom. The van der Waals surface area contributed by atoms with Crippen LogP contribution in [-0.2, 0) is 6.54 Å². The van der Waals surface area contributed by atoms with Crippen molar-refractivity contribution in [3.8, 4) is 5.82 Å². The molecule has 4 nitrogen and oxygen atoms in total. The molecule has 5 heteroatoms. The third-order valence-corrected chi connectivity index (χ3v) is 2.22. The summed E-state index contributed by atoms with van der Waals surface area (Å²) >= 11 is 0. The Morgan fingerprint density at radius 1 is 1.40 bits per heavy atom. The van der Waals surface area contributed by atoms with E-state index in [0.717, 1.165) is 0 Å². The largest absolute Gasteiger partial charge is 0.326 e. The zero-order valence-electron chi connectivity index (χ0n) is 8.31. The van der Waals surface area contributed by atoms with Gasteiger partial charge in [0.1, 0.15) is 5.82 Å². The third kappa shape index (κ3) is 1.61. The van der Waals surface area contributed by atoms with Crippen LogP contribution in [0.1, 0.15) is 11.4 Å². The molecule has 0 atom stereocenters. The second kappa shape index (κ2) is 3.78. The fraction of sp³-hybridized carbons (Fsp3) is 0.200. The number of aromatic nitrogens is 3. The summed E-state index contributed by atoms with van der Waals surface area (Å²) in [4.78, 5) is 8.00. The summed E-state index contributed by atoms with van der Waals surface area (Å²) in [5.74, 6) is 0.546. The van der Waals surface area contributed by atoms with Gasteiger partial charge in [-0.15, -0.1) is 0 Å². The predicted octanol–water partition coefficient (Wildman–Crippen LogP) is 1.17. The Balaban J connectivity index is 2.59. The van der Waals surface area contributed by atoms with Crippen LogP contribution < -0.4 is 5.73 Å². The maximum absolute atomic E-state index is 13.8. The van der Waals surface area contributed by atoms with Gasteiger partial charge in [0.25, 0.3) is 0 Å². The van der Waals surface area contributed by atoms with E-state index in [1.807, 2.05) is 0 Å². The summed E-state index contributed by atoms with van der Waals surface area (Å²) in [6.07, 6.45) is 4.81. The van der Waals surface area contributed by atoms with E-state index < -0.39 is 0 Å². The SMILES string of the molecule is Cc1nccn1-c1nccc(CN)c1F. The minimum absolute atomic E-state index is 0.162. The summed E-state index contributed by atoms with van der Waals surface area (Å²) in [6.45, 7) is 1.95. The second-order valence-corrected chi connectivity index (χ2v) is 3.16. The van der Waals surface area contributed by atoms with Gasteiger partial charge in [0.05, 0.1) is 0 Å². The minimum Gasteiger partial charge on any atom is -0.326 e. The van der Waals surface area contributed by atoms with E-state index in [-0.39, 0.29) is 18.2 Å². The van der Waals surface area contributed by atoms with Crippen LogP contribution >= 0.6 is 0 Å². The highest BCUT2D eigenvalue weighted by molar-refractivity contribution is 5.31. The van der Waals surface area contributed by atoms with E-state index in [4.69, 9.17) is 5.73 Å². The van der Waals surface area contributed by atoms with Crippen molar-refractivity contribution >= 4 is 0 Å². The number of pyridine rings is 1. The molecule has 2 aromatic heterocycles. The van der Waals surface area contributed by atoms with Crippen LogP contribution in [0.3, 0.4) is 0 Å². The Bertz CT molecular complexity index is 478. The van der Waals surface area contributed by atoms with Crippen LogP contribution in [0.25, 0.3) is 5.82 Å². The van der Waals surface area contributed by atoms with Crippen molar-refractivity contribution in [2.24, 2.45) is 5.73 Å². The fourth-order valence-electron chi connectivity index (χ4n) is 1.40. The fourth-order valence-corrected chi connectivity index (χ4v) is 1.40. The summed E-state index contributed by atoms with van der Waals surface area (Å²) in [5, 5.41) is 0. The molecule has 78 valence electrons. The highest BCUT2D eigenvalue weighted by Gasteiger charge is 2.11. The third-order valence-electron chi connectivity index (χ3n) is 2.22. The van der Waals surface area contributed by atoms with Crippen molar-refractivity contribution in [3.05, 3.63) is 41.9 Å². The zero-order chi connectivity index (χ0) is 10.8. The van der Waals surface area contributed by atoms with Crippen molar-refractivity contribution in [1.29, 1.82) is 0 Å². The van der Waals surface area contributed by atoms with E-state index in [9.17, 15) is 4.39 Å². The molecule has 15 heavy (non-hydrogen) atoms. The maximum atomic E-state index is 13.8. The average Bonchev–Trinajstić information content (AvgIpc) is 2.65. The van der Waals surface area contributed by atoms with Crippen molar-refractivity contribution in [2.45, 2.75) is 13.5 Å². The summed E-state index contributed by atoms with van der Waals surface area (Å²) in [6, 6.07) is 1.57. The highest BCUT2D eigenvalue weighted by atomic mass is 19.1. The van der Waals surface area contributed by atoms with Crippen LogP contribution in [0, 0.1) is 12.7 Å². The summed E-state index contributed by atoms with van der Waals surface area (Å²) in [5.41, 5.74) is 5.87. The molecule has 0 aliphatic carbocycles. The van der Waals surface area contributed by atoms with Crippen LogP contribution in [0.5, 0.6) is 0 Å². The Labute approximate surface area is 86.6 Å². The topological polar surface area (TPSA) is 56.7 Å². The molecule has 0 amide bonds. The molecule has 0 bridgehead atoms. The summed E-state index contributed by atoms with van der Waals surface area (Å²) in [7, 11) is 0. The molecule has 0 unspecified atom stereocenters. The smallest absolute Gasteiger partial charge is 0.174 e. The molecule has 2 heterocycles. The van der Waals surface area contributed by atoms with Crippen LogP contribution in [0.4, 0.5) is 4.39 Å². The molecule has 0 radical (unpaired) electrons. The Kier molecular flexibility index (Phi) is 2.47. The molecule has 0 saturated carbocycles. The average molecular weight is 206 g/mol. The molecule has 0 aromatic carbocycles. The molecule has 0 fully saturated rings. The van der Waals surface area contributed by atoms with Gasteiger partial charge in [-0.3, -0.25) is 4.57 Å². The van der Waals surface area contributed by atoms with E-state index in [0.29, 0.717) is 11.4 Å². The molecular weight excluding hydrogens is 195 g/mol. The number of imidazole rings is 1. The lowest BCUT2D eigenvalue weighted by molar-refractivity contribution is 0.591. The first kappa shape index (κ1) is 9.79. The lowest BCUT2D eigenvalue weighted by Crippen LogP contribution is -2.07. The van der Waals surface area contributed by atoms with Gasteiger partial charge in [-0.05, 0) is 13.0 Å². The Hall–Kier alpha value is -1.75. The monoisotopic (exact) mass is 206 g/mol. The number of halogens is 1. The van der Waals surface area contributed by atoms with Crippen molar-refractivity contribution in [3.63, 3.8) is 0 Å². The lowest BCUT2D eigenvalue weighted by Gasteiger charge is -2.07. The number of hydrogen-bond acceptors (Lipinski definition) is 3. The lowest BCUT2D eigenvalue weighted by atomic mass is 10.2. The first-order valence-electron chi connectivity index (χ1n) is 4.58. The normalized spacial score (nSPS) is 10.6. The van der Waals surface area contributed by atoms with Crippen LogP contribution in [-0.4, -0.2) is 14.5 Å². The van der Waals surface area contributed by atoms with E-state index in [1.54, 1.807) is 36.1 Å². The summed E-state index contributed by atoms with van der Waals surface area (Å²) < 4.78 is 15.4. The van der Waals surface area contributed by atoms with Gasteiger partial charge < -0.3 is 5.73 Å². The van der Waals surface area contributed by atoms with Crippen molar-refractivity contribution < 1.29 is 4.39 Å². The van der Waals surface area contributed by atoms with E-state index in [1.165, 1.54) is 0 Å². The molecule has 0 saturated heterocycles. The predicted molar refractivity (Wildman–Crippen MR) is 53.9 cm³/mol. The highest BCUT2D eigenvalue weighted by Crippen LogP contribution is 2.15. The molecule has 2 rings (SSSR count). The van der Waals surface area contributed by atoms with Gasteiger partial charge in [-0.1, -0.05) is 0 Å². The number of nitrogens with zero attached hydrogens (tertiary/aromatic N) is 3. The molecule has 2 N–H and O–H groups in total. The second-order valence-electron chi connectivity index (χ2n) is 3.16. The number of aryl methyl sites for hydroxylation is 1. The molecule has 0 aliphatic rings. The van der Waals surface area contributed by atoms with Crippen LogP contribution in [0.2, 0.25) is 0 Å². The van der Waals surface area contributed by atoms with Gasteiger partial charge in [0.2, 0.25) is 0 Å². The van der Waals surface area contributed by atoms with Gasteiger partial charge in [0.15, 0.2) is 11.6 Å². The molecule has 0 aliphatic heterocycles. The van der Waals surface area contributed by atoms with Crippen molar-refractivity contribution in [1.82, 2.24) is 14.5 Å². The van der Waals surface area contributed by atoms with Crippen LogP contribution in [0.15, 0.2) is 24.7 Å².